The Morgan fingerprint density at radius 2 is 1.87 bits per heavy atom. The van der Waals surface area contributed by atoms with Crippen molar-refractivity contribution in [1.82, 2.24) is 4.90 Å². The first kappa shape index (κ1) is 21.7. The van der Waals surface area contributed by atoms with Gasteiger partial charge in [0, 0.05) is 18.7 Å². The number of hydrogen-bond donors (Lipinski definition) is 1. The normalized spacial score (nSPS) is 15.6. The number of ether oxygens (including phenoxy) is 2. The third kappa shape index (κ3) is 5.54. The van der Waals surface area contributed by atoms with Crippen LogP contribution in [0.5, 0.6) is 5.75 Å². The van der Waals surface area contributed by atoms with Crippen molar-refractivity contribution in [2.75, 3.05) is 31.6 Å². The molecule has 3 rings (SSSR count). The number of halogens is 2. The number of hydrogen-bond acceptors (Lipinski definition) is 4. The zero-order valence-electron chi connectivity index (χ0n) is 16.7. The van der Waals surface area contributed by atoms with Crippen LogP contribution in [-0.2, 0) is 9.53 Å². The molecule has 0 saturated carbocycles. The number of anilines is 1. The van der Waals surface area contributed by atoms with E-state index in [0.29, 0.717) is 17.9 Å². The highest BCUT2D eigenvalue weighted by atomic mass is 19.1. The number of carbonyl (C=O) groups excluding carboxylic acids is 2. The second-order valence-electron chi connectivity index (χ2n) is 6.93. The number of likely N-dealkylation sites (N-methyl/N-ethyl adjacent to an activating group) is 1. The number of carbonyl (C=O) groups is 2. The average Bonchev–Trinajstić information content (AvgIpc) is 3.27. The monoisotopic (exact) mass is 418 g/mol. The van der Waals surface area contributed by atoms with Crippen molar-refractivity contribution in [3.63, 3.8) is 0 Å². The van der Waals surface area contributed by atoms with Gasteiger partial charge in [0.2, 0.25) is 5.91 Å². The van der Waals surface area contributed by atoms with Crippen LogP contribution in [0.25, 0.3) is 0 Å². The summed E-state index contributed by atoms with van der Waals surface area (Å²) in [5.41, 5.74) is -0.148. The molecule has 30 heavy (non-hydrogen) atoms. The van der Waals surface area contributed by atoms with Crippen LogP contribution in [0.3, 0.4) is 0 Å². The van der Waals surface area contributed by atoms with E-state index in [9.17, 15) is 18.4 Å². The van der Waals surface area contributed by atoms with Gasteiger partial charge in [-0.1, -0.05) is 6.07 Å². The lowest BCUT2D eigenvalue weighted by molar-refractivity contribution is -0.116. The van der Waals surface area contributed by atoms with Crippen molar-refractivity contribution in [2.24, 2.45) is 0 Å². The van der Waals surface area contributed by atoms with Gasteiger partial charge in [-0.05, 0) is 56.2 Å². The van der Waals surface area contributed by atoms with Crippen molar-refractivity contribution in [2.45, 2.75) is 25.9 Å². The lowest BCUT2D eigenvalue weighted by Crippen LogP contribution is -2.38. The Bertz CT molecular complexity index is 863. The van der Waals surface area contributed by atoms with Crippen LogP contribution >= 0.6 is 0 Å². The molecule has 1 saturated heterocycles. The van der Waals surface area contributed by atoms with Gasteiger partial charge >= 0.3 is 0 Å². The Balaban J connectivity index is 1.57. The largest absolute Gasteiger partial charge is 0.491 e. The first-order valence-electron chi connectivity index (χ1n) is 9.85. The highest BCUT2D eigenvalue weighted by Gasteiger charge is 2.20. The zero-order chi connectivity index (χ0) is 21.5. The number of amides is 2. The standard InChI is InChI=1S/C22H24F2N2O4/c1-2-26(13-20(27)25-21-18(23)6-3-7-19(21)24)22(28)15-8-10-16(11-9-15)30-14-17-5-4-12-29-17/h3,6-11,17H,2,4-5,12-14H2,1H3,(H,25,27)/t17-/m1/s1. The highest BCUT2D eigenvalue weighted by Crippen LogP contribution is 2.19. The quantitative estimate of drug-likeness (QED) is 0.711. The number of para-hydroxylation sites is 1. The lowest BCUT2D eigenvalue weighted by atomic mass is 10.2. The van der Waals surface area contributed by atoms with Gasteiger partial charge in [-0.15, -0.1) is 0 Å². The third-order valence-electron chi connectivity index (χ3n) is 4.79. The molecule has 0 aliphatic carbocycles. The summed E-state index contributed by atoms with van der Waals surface area (Å²) in [7, 11) is 0. The van der Waals surface area contributed by atoms with Gasteiger partial charge in [-0.25, -0.2) is 8.78 Å². The van der Waals surface area contributed by atoms with E-state index in [1.807, 2.05) is 0 Å². The Labute approximate surface area is 173 Å². The van der Waals surface area contributed by atoms with E-state index < -0.39 is 23.2 Å². The SMILES string of the molecule is CCN(CC(=O)Nc1c(F)cccc1F)C(=O)c1ccc(OC[C@H]2CCCO2)cc1. The van der Waals surface area contributed by atoms with Crippen LogP contribution in [0.1, 0.15) is 30.1 Å². The number of rotatable bonds is 8. The van der Waals surface area contributed by atoms with Crippen LogP contribution in [0.15, 0.2) is 42.5 Å². The molecule has 6 nitrogen and oxygen atoms in total. The second kappa shape index (κ2) is 10.2. The molecule has 1 heterocycles. The summed E-state index contributed by atoms with van der Waals surface area (Å²) < 4.78 is 38.6. The van der Waals surface area contributed by atoms with E-state index in [4.69, 9.17) is 9.47 Å². The summed E-state index contributed by atoms with van der Waals surface area (Å²) >= 11 is 0. The lowest BCUT2D eigenvalue weighted by Gasteiger charge is -2.21. The maximum absolute atomic E-state index is 13.7. The Hall–Kier alpha value is -3.00. The molecular weight excluding hydrogens is 394 g/mol. The summed E-state index contributed by atoms with van der Waals surface area (Å²) in [6.07, 6.45) is 2.10. The summed E-state index contributed by atoms with van der Waals surface area (Å²) in [4.78, 5) is 26.2. The molecule has 160 valence electrons. The second-order valence-corrected chi connectivity index (χ2v) is 6.93. The van der Waals surface area contributed by atoms with Gasteiger partial charge in [-0.2, -0.15) is 0 Å². The fourth-order valence-electron chi connectivity index (χ4n) is 3.14. The smallest absolute Gasteiger partial charge is 0.254 e. The molecular formula is C22H24F2N2O4. The topological polar surface area (TPSA) is 67.9 Å². The Kier molecular flexibility index (Phi) is 7.35. The van der Waals surface area contributed by atoms with E-state index in [1.54, 1.807) is 31.2 Å². The molecule has 2 aromatic rings. The fraction of sp³-hybridized carbons (Fsp3) is 0.364. The molecule has 0 spiro atoms. The first-order valence-corrected chi connectivity index (χ1v) is 9.85. The predicted molar refractivity (Wildman–Crippen MR) is 107 cm³/mol. The maximum atomic E-state index is 13.7. The number of benzene rings is 2. The van der Waals surface area contributed by atoms with E-state index in [0.717, 1.165) is 31.6 Å². The molecule has 1 aliphatic rings. The third-order valence-corrected chi connectivity index (χ3v) is 4.79. The van der Waals surface area contributed by atoms with Crippen molar-refractivity contribution in [3.8, 4) is 5.75 Å². The summed E-state index contributed by atoms with van der Waals surface area (Å²) in [6.45, 7) is 2.85. The first-order chi connectivity index (χ1) is 14.5. The van der Waals surface area contributed by atoms with E-state index >= 15 is 0 Å². The predicted octanol–water partition coefficient (Wildman–Crippen LogP) is 3.62. The van der Waals surface area contributed by atoms with Crippen LogP contribution in [0.2, 0.25) is 0 Å². The van der Waals surface area contributed by atoms with Crippen LogP contribution in [0.4, 0.5) is 14.5 Å². The van der Waals surface area contributed by atoms with E-state index in [-0.39, 0.29) is 25.1 Å². The molecule has 1 atom stereocenters. The average molecular weight is 418 g/mol. The molecule has 1 aliphatic heterocycles. The van der Waals surface area contributed by atoms with Crippen molar-refractivity contribution in [1.29, 1.82) is 0 Å². The molecule has 0 unspecified atom stereocenters. The minimum absolute atomic E-state index is 0.0969. The molecule has 0 bridgehead atoms. The van der Waals surface area contributed by atoms with Crippen molar-refractivity contribution in [3.05, 3.63) is 59.7 Å². The Morgan fingerprint density at radius 3 is 2.47 bits per heavy atom. The van der Waals surface area contributed by atoms with Gasteiger partial charge in [0.1, 0.15) is 36.2 Å². The van der Waals surface area contributed by atoms with Gasteiger partial charge in [0.25, 0.3) is 5.91 Å². The Morgan fingerprint density at radius 1 is 1.17 bits per heavy atom. The van der Waals surface area contributed by atoms with E-state index in [2.05, 4.69) is 5.32 Å². The van der Waals surface area contributed by atoms with Gasteiger partial charge in [-0.3, -0.25) is 9.59 Å². The van der Waals surface area contributed by atoms with E-state index in [1.165, 1.54) is 11.0 Å². The molecule has 8 heteroatoms. The van der Waals surface area contributed by atoms with Gasteiger partial charge in [0.05, 0.1) is 6.10 Å². The number of nitrogens with zero attached hydrogens (tertiary/aromatic N) is 1. The number of nitrogens with one attached hydrogen (secondary N) is 1. The van der Waals surface area contributed by atoms with Crippen molar-refractivity contribution >= 4 is 17.5 Å². The molecule has 0 aromatic heterocycles. The molecule has 2 aromatic carbocycles. The summed E-state index contributed by atoms with van der Waals surface area (Å²) in [5.74, 6) is -2.19. The maximum Gasteiger partial charge on any atom is 0.254 e. The molecule has 1 N–H and O–H groups in total. The molecule has 2 amide bonds. The van der Waals surface area contributed by atoms with Gasteiger partial charge < -0.3 is 19.7 Å². The summed E-state index contributed by atoms with van der Waals surface area (Å²) in [6, 6.07) is 9.90. The summed E-state index contributed by atoms with van der Waals surface area (Å²) in [5, 5.41) is 2.19. The highest BCUT2D eigenvalue weighted by molar-refractivity contribution is 5.99. The fourth-order valence-corrected chi connectivity index (χ4v) is 3.14. The van der Waals surface area contributed by atoms with Crippen LogP contribution in [-0.4, -0.2) is 49.1 Å². The van der Waals surface area contributed by atoms with Crippen LogP contribution in [0, 0.1) is 11.6 Å². The minimum atomic E-state index is -0.878. The molecule has 1 fully saturated rings. The van der Waals surface area contributed by atoms with Crippen molar-refractivity contribution < 1.29 is 27.8 Å². The van der Waals surface area contributed by atoms with Gasteiger partial charge in [0.15, 0.2) is 0 Å². The minimum Gasteiger partial charge on any atom is -0.491 e. The molecule has 0 radical (unpaired) electrons. The van der Waals surface area contributed by atoms with Crippen LogP contribution < -0.4 is 10.1 Å². The zero-order valence-corrected chi connectivity index (χ0v) is 16.7.